The summed E-state index contributed by atoms with van der Waals surface area (Å²) in [5, 5.41) is 58.2. The molecule has 19 atom stereocenters. The van der Waals surface area contributed by atoms with Crippen LogP contribution in [0, 0.1) is 23.7 Å². The van der Waals surface area contributed by atoms with Crippen molar-refractivity contribution in [2.75, 3.05) is 21.2 Å². The molecular formula is C53H105NO14Sn2. The summed E-state index contributed by atoms with van der Waals surface area (Å²) >= 11 is -0.363. The van der Waals surface area contributed by atoms with E-state index in [2.05, 4.69) is 83.1 Å². The molecule has 0 saturated carbocycles. The summed E-state index contributed by atoms with van der Waals surface area (Å²) in [5.41, 5.74) is -4.27. The molecule has 0 aromatic carbocycles. The molecule has 4 saturated heterocycles. The maximum absolute atomic E-state index is 14.1. The van der Waals surface area contributed by atoms with Crippen molar-refractivity contribution < 1.29 is 69.0 Å². The molecule has 0 unspecified atom stereocenters. The Morgan fingerprint density at radius 2 is 1.24 bits per heavy atom. The van der Waals surface area contributed by atoms with Crippen LogP contribution in [0.2, 0.25) is 13.7 Å². The molecule has 70 heavy (non-hydrogen) atoms. The Hall–Kier alpha value is 0.547. The number of aliphatic hydroxyl groups excluding tert-OH is 3. The molecule has 0 amide bonds. The number of likely N-dealkylation sites (N-methyl/N-ethyl adjacent to an activating group) is 1. The van der Waals surface area contributed by atoms with E-state index in [1.807, 2.05) is 39.8 Å². The minimum Gasteiger partial charge on any atom is -0.412 e. The second-order valence-electron chi connectivity index (χ2n) is 26.1. The van der Waals surface area contributed by atoms with Gasteiger partial charge in [-0.3, -0.25) is 4.79 Å². The van der Waals surface area contributed by atoms with Gasteiger partial charge in [0, 0.05) is 37.3 Å². The van der Waals surface area contributed by atoms with Gasteiger partial charge in [0.15, 0.2) is 18.4 Å². The van der Waals surface area contributed by atoms with Crippen LogP contribution in [0.25, 0.3) is 0 Å². The van der Waals surface area contributed by atoms with E-state index < -0.39 is 108 Å². The molecule has 4 heterocycles. The van der Waals surface area contributed by atoms with Crippen LogP contribution in [0.1, 0.15) is 178 Å². The fourth-order valence-electron chi connectivity index (χ4n) is 11.4. The molecule has 15 nitrogen and oxygen atoms in total. The Bertz CT molecular complexity index is 1550. The number of hydrogen-bond acceptors (Lipinski definition) is 14. The van der Waals surface area contributed by atoms with E-state index in [-0.39, 0.29) is 79.2 Å². The molecule has 0 spiro atoms. The summed E-state index contributed by atoms with van der Waals surface area (Å²) in [6, 6.07) is -0.281. The Morgan fingerprint density at radius 1 is 0.757 bits per heavy atom. The molecule has 4 aliphatic heterocycles. The van der Waals surface area contributed by atoms with Crippen molar-refractivity contribution in [2.24, 2.45) is 23.7 Å². The molecule has 0 aromatic rings. The molecule has 0 aromatic heterocycles. The summed E-state index contributed by atoms with van der Waals surface area (Å²) < 4.78 is 47.0. The van der Waals surface area contributed by atoms with Crippen molar-refractivity contribution in [2.45, 2.75) is 282 Å². The van der Waals surface area contributed by atoms with E-state index in [9.17, 15) is 30.3 Å². The Balaban J connectivity index is 0.00000109. The first-order valence-corrected chi connectivity index (χ1v) is 31.4. The van der Waals surface area contributed by atoms with Crippen molar-refractivity contribution in [1.82, 2.24) is 4.90 Å². The zero-order chi connectivity index (χ0) is 54.0. The Labute approximate surface area is 446 Å². The van der Waals surface area contributed by atoms with Gasteiger partial charge in [-0.1, -0.05) is 27.7 Å². The van der Waals surface area contributed by atoms with E-state index >= 15 is 0 Å². The predicted octanol–water partition coefficient (Wildman–Crippen LogP) is 7.37. The summed E-state index contributed by atoms with van der Waals surface area (Å²) in [6.07, 6.45) is -8.51. The van der Waals surface area contributed by atoms with Gasteiger partial charge in [0.1, 0.15) is 23.9 Å². The van der Waals surface area contributed by atoms with E-state index in [0.717, 1.165) is 0 Å². The summed E-state index contributed by atoms with van der Waals surface area (Å²) in [6.45, 7) is 45.6. The van der Waals surface area contributed by atoms with Crippen molar-refractivity contribution in [3.8, 4) is 0 Å². The van der Waals surface area contributed by atoms with Gasteiger partial charge in [-0.25, -0.2) is 0 Å². The number of esters is 1. The van der Waals surface area contributed by atoms with Gasteiger partial charge in [-0.15, -0.1) is 0 Å². The van der Waals surface area contributed by atoms with Gasteiger partial charge in [-0.05, 0) is 74.9 Å². The first kappa shape index (κ1) is 68.6. The number of rotatable bonds is 7. The van der Waals surface area contributed by atoms with E-state index in [4.69, 9.17) is 33.2 Å². The number of carbonyl (C=O) groups is 1. The molecule has 4 radical (unpaired) electrons. The largest absolute Gasteiger partial charge is 0.412 e. The average molecular weight is 1220 g/mol. The van der Waals surface area contributed by atoms with Gasteiger partial charge < -0.3 is 69.1 Å². The first-order chi connectivity index (χ1) is 30.9. The minimum atomic E-state index is -1.97. The number of cyclic esters (lactones) is 1. The smallest absolute Gasteiger partial charge is 0.412 e. The number of ether oxygens (including phenoxy) is 7. The van der Waals surface area contributed by atoms with E-state index in [1.165, 1.54) is 14.0 Å². The van der Waals surface area contributed by atoms with Crippen molar-refractivity contribution in [1.29, 1.82) is 0 Å². The van der Waals surface area contributed by atoms with Crippen molar-refractivity contribution in [3.05, 3.63) is 0 Å². The first-order valence-electron chi connectivity index (χ1n) is 25.7. The number of nitrogens with zero attached hydrogens (tertiary/aromatic N) is 1. The van der Waals surface area contributed by atoms with Crippen molar-refractivity contribution >= 4 is 48.3 Å². The molecule has 4 fully saturated rings. The predicted molar refractivity (Wildman–Crippen MR) is 279 cm³/mol. The van der Waals surface area contributed by atoms with Crippen LogP contribution < -0.4 is 0 Å². The average Bonchev–Trinajstić information content (AvgIpc) is 3.42. The van der Waals surface area contributed by atoms with E-state index in [0.29, 0.717) is 20.1 Å². The van der Waals surface area contributed by atoms with Crippen molar-refractivity contribution in [3.63, 3.8) is 0 Å². The standard InChI is InChI=1S/C37H67NO13.4C4H9.H2O.2Sn/c1-14-25-36(10,43)29(40)22(6)37(44)18(2)16-35(9,51-37)31(50-33-27(39)24(38(11)12)15-19(3)46-33)20(4)28(21(5)32(42)48-25)49-26-17-34(8,45-13)30(41)23(7)47-26;4*1-4(2)3;;;/h18-31,33,39-41,43-44H,14-17H2,1-13H3;4*1-3H3;1H2;;/t18-,19-,20+,21-,22+,23+,24+,25+,26+,27-,28-,29-,30+,31-,33+,34-,35+,36-,37+;;;;;;;/m1......./s1. The third-order valence-electron chi connectivity index (χ3n) is 14.1. The zero-order valence-electron chi connectivity index (χ0n) is 48.4. The molecule has 7 N–H and O–H groups in total. The Kier molecular flexibility index (Phi) is 25.3. The van der Waals surface area contributed by atoms with Crippen LogP contribution in [0.15, 0.2) is 0 Å². The summed E-state index contributed by atoms with van der Waals surface area (Å²) in [7, 11) is 5.27. The van der Waals surface area contributed by atoms with Gasteiger partial charge in [-0.2, -0.15) is 0 Å². The van der Waals surface area contributed by atoms with Gasteiger partial charge in [0.05, 0.1) is 47.6 Å². The molecule has 0 aliphatic carbocycles. The summed E-state index contributed by atoms with van der Waals surface area (Å²) in [4.78, 5) is 16.1. The summed E-state index contributed by atoms with van der Waals surface area (Å²) in [5.74, 6) is -5.92. The fraction of sp³-hybridized carbons (Fsp3) is 0.981. The third kappa shape index (κ3) is 18.6. The molecule has 414 valence electrons. The number of carbonyl (C=O) groups excluding carboxylic acids is 1. The van der Waals surface area contributed by atoms with Gasteiger partial charge in [0.2, 0.25) is 0 Å². The molecular weight excluding hydrogens is 1110 g/mol. The molecule has 4 rings (SSSR count). The topological polar surface area (TPSA) is 218 Å². The zero-order valence-corrected chi connectivity index (χ0v) is 54.1. The Morgan fingerprint density at radius 3 is 1.66 bits per heavy atom. The van der Waals surface area contributed by atoms with Gasteiger partial charge >= 0.3 is 145 Å². The van der Waals surface area contributed by atoms with Crippen LogP contribution in [-0.4, -0.2) is 195 Å². The normalized spacial score (nSPS) is 42.4. The minimum absolute atomic E-state index is 0. The van der Waals surface area contributed by atoms with Gasteiger partial charge in [0.25, 0.3) is 0 Å². The second kappa shape index (κ2) is 25.8. The SMILES string of the molecule is CC[C@@H]1OC(=O)[C@H](C)[C@H](O[C@H]2C[C@@](C)(OC)[C@@H](O)[C@H](C)O2)[C@H](C)[C@@H](O[C@@H]2O[C@H](C)C[C@H](N(C)C)[C@H]2O)[C@]2(C)C[C@@H](C)[C@](O)(O2)[C@@H](C)[C@@H](O)[C@]1(C)O.C[C](C)(C)[Sn][C](C)(C)C.C[C](C)(C)[Sn][C](C)(C)C.O. The second-order valence-corrected chi connectivity index (χ2v) is 44.7. The molecule has 2 bridgehead atoms. The van der Waals surface area contributed by atoms with Crippen LogP contribution in [-0.2, 0) is 38.0 Å². The maximum Gasteiger partial charge on any atom is -0.412 e. The molecule has 4 aliphatic rings. The fourth-order valence-corrected chi connectivity index (χ4v) is 24.3. The number of aliphatic hydroxyl groups is 5. The number of methoxy groups -OCH3 is 1. The monoisotopic (exact) mass is 1220 g/mol. The van der Waals surface area contributed by atoms with Crippen LogP contribution in [0.5, 0.6) is 0 Å². The van der Waals surface area contributed by atoms with E-state index in [1.54, 1.807) is 41.5 Å². The third-order valence-corrected chi connectivity index (χ3v) is 22.7. The number of fused-ring (bicyclic) bond motifs is 2. The van der Waals surface area contributed by atoms with Crippen LogP contribution in [0.3, 0.4) is 0 Å². The quantitative estimate of drug-likeness (QED) is 0.124. The number of hydrogen-bond donors (Lipinski definition) is 5. The van der Waals surface area contributed by atoms with Crippen LogP contribution >= 0.6 is 0 Å². The maximum atomic E-state index is 14.1. The van der Waals surface area contributed by atoms with Crippen LogP contribution in [0.4, 0.5) is 0 Å². The molecule has 17 heteroatoms.